The van der Waals surface area contributed by atoms with Crippen molar-refractivity contribution in [2.24, 2.45) is 0 Å². The van der Waals surface area contributed by atoms with Gasteiger partial charge >= 0.3 is 0 Å². The monoisotopic (exact) mass is 248 g/mol. The molecule has 0 nitrogen and oxygen atoms in total. The molecule has 1 rings (SSSR count). The lowest BCUT2D eigenvalue weighted by molar-refractivity contribution is 0.613. The molecule has 12 heavy (non-hydrogen) atoms. The first-order valence-electron chi connectivity index (χ1n) is 4.38. The summed E-state index contributed by atoms with van der Waals surface area (Å²) in [5.74, 6) is 0. The van der Waals surface area contributed by atoms with Crippen LogP contribution in [-0.4, -0.2) is 9.70 Å². The summed E-state index contributed by atoms with van der Waals surface area (Å²) in [6.45, 7) is 2.20. The molecule has 0 N–H and O–H groups in total. The third-order valence-corrected chi connectivity index (χ3v) is 4.09. The predicted molar refractivity (Wildman–Crippen MR) is 59.1 cm³/mol. The molecule has 1 aliphatic carbocycles. The number of hydrogen-bond acceptors (Lipinski definition) is 0. The molecule has 2 atom stereocenters. The van der Waals surface area contributed by atoms with Gasteiger partial charge in [0.25, 0.3) is 0 Å². The minimum Gasteiger partial charge on any atom is -0.117 e. The fourth-order valence-electron chi connectivity index (χ4n) is 1.30. The molecule has 0 bridgehead atoms. The van der Waals surface area contributed by atoms with Crippen LogP contribution in [0.1, 0.15) is 26.2 Å². The second-order valence-electron chi connectivity index (χ2n) is 3.18. The molecular weight excluding hydrogens is 235 g/mol. The number of alkyl halides is 2. The molecule has 0 aromatic heterocycles. The zero-order chi connectivity index (χ0) is 9.03. The van der Waals surface area contributed by atoms with E-state index in [1.165, 1.54) is 12.8 Å². The van der Waals surface area contributed by atoms with Gasteiger partial charge in [-0.2, -0.15) is 0 Å². The maximum absolute atomic E-state index is 6.17. The van der Waals surface area contributed by atoms with E-state index in [1.807, 2.05) is 12.2 Å². The molecule has 0 aromatic rings. The van der Waals surface area contributed by atoms with Crippen molar-refractivity contribution in [2.75, 3.05) is 0 Å². The number of allylic oxidation sites excluding steroid dienone is 4. The van der Waals surface area contributed by atoms with E-state index in [1.54, 1.807) is 0 Å². The number of halogens is 2. The van der Waals surface area contributed by atoms with Crippen LogP contribution in [0.25, 0.3) is 0 Å². The van der Waals surface area contributed by atoms with Crippen LogP contribution in [0.4, 0.5) is 0 Å². The van der Waals surface area contributed by atoms with Crippen molar-refractivity contribution in [3.63, 3.8) is 0 Å². The van der Waals surface area contributed by atoms with Crippen LogP contribution in [-0.2, 0) is 0 Å². The quantitative estimate of drug-likeness (QED) is 0.662. The van der Waals surface area contributed by atoms with Gasteiger partial charge in [0.1, 0.15) is 0 Å². The van der Waals surface area contributed by atoms with E-state index in [-0.39, 0.29) is 9.70 Å². The molecule has 1 aliphatic rings. The minimum absolute atomic E-state index is 0.000679. The summed E-state index contributed by atoms with van der Waals surface area (Å²) in [6.07, 6.45) is 11.8. The van der Waals surface area contributed by atoms with E-state index < -0.39 is 0 Å². The van der Waals surface area contributed by atoms with Gasteiger partial charge in [0.05, 0.1) is 9.70 Å². The van der Waals surface area contributed by atoms with Crippen molar-refractivity contribution in [1.29, 1.82) is 0 Å². The topological polar surface area (TPSA) is 0 Å². The summed E-state index contributed by atoms with van der Waals surface area (Å²) in [5.41, 5.74) is 0. The Labute approximate surface area is 87.8 Å². The van der Waals surface area contributed by atoms with Crippen molar-refractivity contribution in [3.8, 4) is 0 Å². The van der Waals surface area contributed by atoms with Crippen molar-refractivity contribution in [2.45, 2.75) is 35.9 Å². The number of unbranched alkanes of at least 4 members (excludes halogenated alkanes) is 1. The first kappa shape index (κ1) is 10.3. The third kappa shape index (κ3) is 2.37. The van der Waals surface area contributed by atoms with E-state index in [2.05, 4.69) is 35.0 Å². The van der Waals surface area contributed by atoms with Gasteiger partial charge in [-0.3, -0.25) is 0 Å². The first-order valence-corrected chi connectivity index (χ1v) is 5.61. The Kier molecular flexibility index (Phi) is 3.85. The van der Waals surface area contributed by atoms with Gasteiger partial charge in [-0.15, -0.1) is 11.6 Å². The Morgan fingerprint density at radius 3 is 2.83 bits per heavy atom. The molecule has 0 aromatic carbocycles. The smallest absolute Gasteiger partial charge is 0.0707 e. The highest BCUT2D eigenvalue weighted by Gasteiger charge is 2.31. The van der Waals surface area contributed by atoms with Gasteiger partial charge in [0, 0.05) is 0 Å². The molecule has 2 unspecified atom stereocenters. The Morgan fingerprint density at radius 1 is 1.50 bits per heavy atom. The molecule has 0 saturated carbocycles. The molecule has 0 amide bonds. The highest BCUT2D eigenvalue weighted by molar-refractivity contribution is 9.10. The van der Waals surface area contributed by atoms with E-state index >= 15 is 0 Å². The van der Waals surface area contributed by atoms with E-state index in [9.17, 15) is 0 Å². The third-order valence-electron chi connectivity index (χ3n) is 2.14. The first-order chi connectivity index (χ1) is 5.69. The van der Waals surface area contributed by atoms with Crippen molar-refractivity contribution in [3.05, 3.63) is 24.3 Å². The van der Waals surface area contributed by atoms with Crippen LogP contribution in [0, 0.1) is 0 Å². The molecule has 0 radical (unpaired) electrons. The van der Waals surface area contributed by atoms with Crippen LogP contribution in [0.5, 0.6) is 0 Å². The lowest BCUT2D eigenvalue weighted by Gasteiger charge is -2.29. The van der Waals surface area contributed by atoms with Gasteiger partial charge in [0.15, 0.2) is 0 Å². The molecule has 68 valence electrons. The van der Waals surface area contributed by atoms with Crippen LogP contribution >= 0.6 is 27.5 Å². The summed E-state index contributed by atoms with van der Waals surface area (Å²) >= 11 is 9.87. The normalized spacial score (nSPS) is 34.1. The van der Waals surface area contributed by atoms with Gasteiger partial charge in [0.2, 0.25) is 0 Å². The molecule has 0 fully saturated rings. The maximum Gasteiger partial charge on any atom is 0.0707 e. The summed E-state index contributed by atoms with van der Waals surface area (Å²) in [4.78, 5) is 0. The van der Waals surface area contributed by atoms with Gasteiger partial charge in [-0.25, -0.2) is 0 Å². The Balaban J connectivity index is 2.57. The van der Waals surface area contributed by atoms with Crippen LogP contribution in [0.15, 0.2) is 24.3 Å². The Hall–Kier alpha value is 0.250. The number of hydrogen-bond donors (Lipinski definition) is 0. The van der Waals surface area contributed by atoms with Gasteiger partial charge in [-0.1, -0.05) is 60.0 Å². The van der Waals surface area contributed by atoms with Crippen LogP contribution in [0.3, 0.4) is 0 Å². The van der Waals surface area contributed by atoms with E-state index in [4.69, 9.17) is 11.6 Å². The molecule has 2 heteroatoms. The number of rotatable bonds is 3. The predicted octanol–water partition coefficient (Wildman–Crippen LogP) is 4.04. The largest absolute Gasteiger partial charge is 0.117 e. The van der Waals surface area contributed by atoms with Crippen LogP contribution in [0.2, 0.25) is 0 Å². The average Bonchev–Trinajstić information content (AvgIpc) is 2.07. The summed E-state index contributed by atoms with van der Waals surface area (Å²) in [5, 5.41) is 0.0917. The zero-order valence-electron chi connectivity index (χ0n) is 7.26. The maximum atomic E-state index is 6.17. The van der Waals surface area contributed by atoms with E-state index in [0.29, 0.717) is 0 Å². The lowest BCUT2D eigenvalue weighted by Crippen LogP contribution is -2.29. The van der Waals surface area contributed by atoms with E-state index in [0.717, 1.165) is 6.42 Å². The van der Waals surface area contributed by atoms with Gasteiger partial charge in [-0.05, 0) is 6.42 Å². The van der Waals surface area contributed by atoms with Crippen molar-refractivity contribution >= 4 is 27.5 Å². The highest BCUT2D eigenvalue weighted by Crippen LogP contribution is 2.36. The minimum atomic E-state index is -0.000679. The molecule has 0 spiro atoms. The SMILES string of the molecule is CCCCC1(Br)C=CC=CC1Cl. The Bertz CT molecular complexity index is 198. The van der Waals surface area contributed by atoms with Gasteiger partial charge < -0.3 is 0 Å². The second-order valence-corrected chi connectivity index (χ2v) is 5.12. The van der Waals surface area contributed by atoms with Crippen LogP contribution < -0.4 is 0 Å². The molecule has 0 saturated heterocycles. The summed E-state index contributed by atoms with van der Waals surface area (Å²) in [7, 11) is 0. The Morgan fingerprint density at radius 2 is 2.25 bits per heavy atom. The fourth-order valence-corrected chi connectivity index (χ4v) is 2.15. The second kappa shape index (κ2) is 4.48. The average molecular weight is 250 g/mol. The fraction of sp³-hybridized carbons (Fsp3) is 0.600. The zero-order valence-corrected chi connectivity index (χ0v) is 9.61. The van der Waals surface area contributed by atoms with Crippen molar-refractivity contribution in [1.82, 2.24) is 0 Å². The summed E-state index contributed by atoms with van der Waals surface area (Å²) < 4.78 is -0.000679. The molecular formula is C10H14BrCl. The highest BCUT2D eigenvalue weighted by atomic mass is 79.9. The molecule has 0 aliphatic heterocycles. The summed E-state index contributed by atoms with van der Waals surface area (Å²) in [6, 6.07) is 0. The van der Waals surface area contributed by atoms with Crippen molar-refractivity contribution < 1.29 is 0 Å². The standard InChI is InChI=1S/C10H14BrCl/c1-2-3-7-10(11)8-5-4-6-9(10)12/h4-6,8-9H,2-3,7H2,1H3. The molecule has 0 heterocycles. The lowest BCUT2D eigenvalue weighted by atomic mass is 9.94.